The molecule has 0 unspecified atom stereocenters. The Hall–Kier alpha value is -1.22. The second-order valence-electron chi connectivity index (χ2n) is 9.07. The molecule has 4 N–H and O–H groups in total. The highest BCUT2D eigenvalue weighted by molar-refractivity contribution is 4.97. The van der Waals surface area contributed by atoms with Crippen LogP contribution in [0.4, 0.5) is 0 Å². The summed E-state index contributed by atoms with van der Waals surface area (Å²) in [6.45, 7) is 15.7. The van der Waals surface area contributed by atoms with Crippen molar-refractivity contribution in [2.24, 2.45) is 0 Å². The molecule has 0 aliphatic carbocycles. The van der Waals surface area contributed by atoms with Crippen molar-refractivity contribution in [2.75, 3.05) is 45.1 Å². The van der Waals surface area contributed by atoms with E-state index >= 15 is 0 Å². The third-order valence-corrected chi connectivity index (χ3v) is 5.85. The SMILES string of the molecule is C[C@@H]1CN(CCCc2nnc(CCCN3C[C@@H](C)N[C@@H](C)C3)n2N)C[C@@H](C)N1. The van der Waals surface area contributed by atoms with Gasteiger partial charge in [0.1, 0.15) is 0 Å². The lowest BCUT2D eigenvalue weighted by Crippen LogP contribution is -2.54. The number of nitrogens with one attached hydrogen (secondary N) is 2. The van der Waals surface area contributed by atoms with Gasteiger partial charge in [0.05, 0.1) is 0 Å². The summed E-state index contributed by atoms with van der Waals surface area (Å²) in [6.07, 6.45) is 3.93. The smallest absolute Gasteiger partial charge is 0.151 e. The first-order valence-electron chi connectivity index (χ1n) is 11.1. The zero-order valence-corrected chi connectivity index (χ0v) is 18.2. The predicted molar refractivity (Wildman–Crippen MR) is 114 cm³/mol. The van der Waals surface area contributed by atoms with Gasteiger partial charge in [-0.1, -0.05) is 0 Å². The van der Waals surface area contributed by atoms with Crippen LogP contribution in [-0.4, -0.2) is 88.1 Å². The molecule has 0 amide bonds. The van der Waals surface area contributed by atoms with Gasteiger partial charge in [0.25, 0.3) is 0 Å². The van der Waals surface area contributed by atoms with Gasteiger partial charge in [0.2, 0.25) is 0 Å². The van der Waals surface area contributed by atoms with Gasteiger partial charge in [-0.2, -0.15) is 0 Å². The quantitative estimate of drug-likeness (QED) is 0.546. The molecule has 0 saturated carbocycles. The number of piperazine rings is 2. The van der Waals surface area contributed by atoms with Gasteiger partial charge >= 0.3 is 0 Å². The van der Waals surface area contributed by atoms with Crippen molar-refractivity contribution in [1.82, 2.24) is 35.3 Å². The lowest BCUT2D eigenvalue weighted by Gasteiger charge is -2.36. The van der Waals surface area contributed by atoms with Crippen LogP contribution in [0.15, 0.2) is 0 Å². The monoisotopic (exact) mass is 392 g/mol. The van der Waals surface area contributed by atoms with Crippen molar-refractivity contribution in [3.63, 3.8) is 0 Å². The van der Waals surface area contributed by atoms with Gasteiger partial charge in [0.15, 0.2) is 11.6 Å². The van der Waals surface area contributed by atoms with Crippen molar-refractivity contribution in [1.29, 1.82) is 0 Å². The average molecular weight is 393 g/mol. The highest BCUT2D eigenvalue weighted by Gasteiger charge is 2.22. The van der Waals surface area contributed by atoms with Crippen LogP contribution in [0.5, 0.6) is 0 Å². The summed E-state index contributed by atoms with van der Waals surface area (Å²) in [5.74, 6) is 8.10. The van der Waals surface area contributed by atoms with Crippen LogP contribution in [0.2, 0.25) is 0 Å². The minimum absolute atomic E-state index is 0.565. The minimum atomic E-state index is 0.565. The molecule has 1 aromatic heterocycles. The van der Waals surface area contributed by atoms with Gasteiger partial charge in [-0.3, -0.25) is 0 Å². The number of aryl methyl sites for hydroxylation is 2. The molecule has 28 heavy (non-hydrogen) atoms. The van der Waals surface area contributed by atoms with Crippen LogP contribution in [-0.2, 0) is 12.8 Å². The molecule has 0 aromatic carbocycles. The summed E-state index contributed by atoms with van der Waals surface area (Å²) in [4.78, 5) is 5.08. The van der Waals surface area contributed by atoms with E-state index < -0.39 is 0 Å². The van der Waals surface area contributed by atoms with Crippen LogP contribution < -0.4 is 16.5 Å². The Morgan fingerprint density at radius 2 is 1.11 bits per heavy atom. The molecule has 160 valence electrons. The molecule has 0 spiro atoms. The molecular weight excluding hydrogens is 352 g/mol. The Balaban J connectivity index is 1.38. The number of rotatable bonds is 8. The van der Waals surface area contributed by atoms with E-state index in [1.165, 1.54) is 0 Å². The lowest BCUT2D eigenvalue weighted by molar-refractivity contribution is 0.171. The Kier molecular flexibility index (Phi) is 7.68. The Labute approximate surface area is 170 Å². The maximum atomic E-state index is 6.27. The molecule has 8 nitrogen and oxygen atoms in total. The summed E-state index contributed by atoms with van der Waals surface area (Å²) < 4.78 is 1.73. The first-order valence-corrected chi connectivity index (χ1v) is 11.1. The third kappa shape index (κ3) is 6.14. The maximum Gasteiger partial charge on any atom is 0.151 e. The normalized spacial score (nSPS) is 30.0. The number of aromatic nitrogens is 3. The molecular formula is C20H40N8. The minimum Gasteiger partial charge on any atom is -0.336 e. The van der Waals surface area contributed by atoms with Gasteiger partial charge in [-0.15, -0.1) is 10.2 Å². The molecule has 2 aliphatic heterocycles. The first kappa shape index (κ1) is 21.5. The number of nitrogen functional groups attached to an aromatic ring is 1. The molecule has 3 rings (SSSR count). The van der Waals surface area contributed by atoms with Crippen molar-refractivity contribution in [3.8, 4) is 0 Å². The van der Waals surface area contributed by atoms with E-state index in [2.05, 4.69) is 58.3 Å². The van der Waals surface area contributed by atoms with Crippen LogP contribution in [0.1, 0.15) is 52.2 Å². The van der Waals surface area contributed by atoms with Crippen molar-refractivity contribution < 1.29 is 0 Å². The van der Waals surface area contributed by atoms with E-state index in [1.54, 1.807) is 4.68 Å². The highest BCUT2D eigenvalue weighted by Crippen LogP contribution is 2.09. The van der Waals surface area contributed by atoms with E-state index in [9.17, 15) is 0 Å². The summed E-state index contributed by atoms with van der Waals surface area (Å²) >= 11 is 0. The summed E-state index contributed by atoms with van der Waals surface area (Å²) in [7, 11) is 0. The van der Waals surface area contributed by atoms with E-state index in [0.717, 1.165) is 76.6 Å². The zero-order chi connectivity index (χ0) is 20.1. The Morgan fingerprint density at radius 3 is 1.46 bits per heavy atom. The lowest BCUT2D eigenvalue weighted by atomic mass is 10.1. The molecule has 3 heterocycles. The van der Waals surface area contributed by atoms with Crippen LogP contribution in [0.3, 0.4) is 0 Å². The van der Waals surface area contributed by atoms with Crippen LogP contribution in [0.25, 0.3) is 0 Å². The van der Waals surface area contributed by atoms with Crippen molar-refractivity contribution >= 4 is 0 Å². The molecule has 2 saturated heterocycles. The van der Waals surface area contributed by atoms with E-state index in [1.807, 2.05) is 0 Å². The fraction of sp³-hybridized carbons (Fsp3) is 0.900. The van der Waals surface area contributed by atoms with E-state index in [4.69, 9.17) is 5.84 Å². The van der Waals surface area contributed by atoms with Crippen molar-refractivity contribution in [2.45, 2.75) is 77.5 Å². The van der Waals surface area contributed by atoms with Crippen LogP contribution >= 0.6 is 0 Å². The molecule has 2 fully saturated rings. The average Bonchev–Trinajstić information content (AvgIpc) is 2.94. The third-order valence-electron chi connectivity index (χ3n) is 5.85. The van der Waals surface area contributed by atoms with Gasteiger partial charge < -0.3 is 26.3 Å². The molecule has 1 aromatic rings. The zero-order valence-electron chi connectivity index (χ0n) is 18.2. The van der Waals surface area contributed by atoms with Gasteiger partial charge in [-0.25, -0.2) is 4.68 Å². The summed E-state index contributed by atoms with van der Waals surface area (Å²) in [5.41, 5.74) is 0. The molecule has 0 bridgehead atoms. The maximum absolute atomic E-state index is 6.27. The standard InChI is InChI=1S/C20H40N8/c1-15-11-26(12-16(2)22-15)9-5-7-19-24-25-20(28(19)21)8-6-10-27-13-17(3)23-18(4)14-27/h15-18,22-23H,5-14,21H2,1-4H3/t15-,16-,17-,18+/m1/s1. The number of hydrogen-bond donors (Lipinski definition) is 3. The fourth-order valence-corrected chi connectivity index (χ4v) is 4.87. The Bertz CT molecular complexity index is 534. The summed E-state index contributed by atoms with van der Waals surface area (Å²) in [5, 5.41) is 15.9. The topological polar surface area (TPSA) is 87.3 Å². The number of hydrogen-bond acceptors (Lipinski definition) is 7. The van der Waals surface area contributed by atoms with E-state index in [0.29, 0.717) is 24.2 Å². The molecule has 8 heteroatoms. The highest BCUT2D eigenvalue weighted by atomic mass is 15.4. The number of nitrogens with two attached hydrogens (primary N) is 1. The molecule has 4 atom stereocenters. The summed E-state index contributed by atoms with van der Waals surface area (Å²) in [6, 6.07) is 2.26. The van der Waals surface area contributed by atoms with Crippen LogP contribution in [0, 0.1) is 0 Å². The Morgan fingerprint density at radius 1 is 0.750 bits per heavy atom. The second kappa shape index (κ2) is 10.0. The van der Waals surface area contributed by atoms with E-state index in [-0.39, 0.29) is 0 Å². The van der Waals surface area contributed by atoms with Gasteiger partial charge in [0, 0.05) is 63.2 Å². The van der Waals surface area contributed by atoms with Gasteiger partial charge in [-0.05, 0) is 53.6 Å². The molecule has 2 aliphatic rings. The predicted octanol–water partition coefficient (Wildman–Crippen LogP) is 0.222. The number of nitrogens with zero attached hydrogens (tertiary/aromatic N) is 5. The second-order valence-corrected chi connectivity index (χ2v) is 9.07. The van der Waals surface area contributed by atoms with Crippen molar-refractivity contribution in [3.05, 3.63) is 11.6 Å². The largest absolute Gasteiger partial charge is 0.336 e. The molecule has 0 radical (unpaired) electrons. The fourth-order valence-electron chi connectivity index (χ4n) is 4.87. The first-order chi connectivity index (χ1) is 13.4.